The molecule has 0 aliphatic heterocycles. The first-order valence-electron chi connectivity index (χ1n) is 9.40. The molecule has 0 aromatic heterocycles. The smallest absolute Gasteiger partial charge is 0.242 e. The van der Waals surface area contributed by atoms with Crippen molar-refractivity contribution in [2.24, 2.45) is 0 Å². The Hall–Kier alpha value is -2.33. The zero-order valence-corrected chi connectivity index (χ0v) is 16.7. The minimum atomic E-state index is -0.497. The van der Waals surface area contributed by atoms with Crippen LogP contribution in [-0.2, 0) is 22.6 Å². The number of hydrogen-bond donors (Lipinski definition) is 1. The Morgan fingerprint density at radius 3 is 2.26 bits per heavy atom. The maximum Gasteiger partial charge on any atom is 0.242 e. The zero-order chi connectivity index (χ0) is 19.6. The molecule has 2 amide bonds. The van der Waals surface area contributed by atoms with Crippen molar-refractivity contribution in [3.8, 4) is 0 Å². The van der Waals surface area contributed by atoms with Gasteiger partial charge in [0, 0.05) is 18.1 Å². The third-order valence-corrected chi connectivity index (χ3v) is 4.65. The Bertz CT molecular complexity index is 732. The molecule has 0 heterocycles. The lowest BCUT2D eigenvalue weighted by molar-refractivity contribution is -0.140. The van der Waals surface area contributed by atoms with Crippen molar-refractivity contribution in [1.29, 1.82) is 0 Å². The molecular weight excluding hydrogens is 360 g/mol. The van der Waals surface area contributed by atoms with Crippen LogP contribution in [0.2, 0.25) is 5.02 Å². The summed E-state index contributed by atoms with van der Waals surface area (Å²) >= 11 is 5.97. The Balaban J connectivity index is 2.23. The van der Waals surface area contributed by atoms with E-state index in [2.05, 4.69) is 5.32 Å². The molecule has 1 N–H and O–H groups in total. The van der Waals surface area contributed by atoms with E-state index < -0.39 is 6.04 Å². The molecule has 2 aromatic carbocycles. The normalized spacial score (nSPS) is 11.7. The summed E-state index contributed by atoms with van der Waals surface area (Å²) in [5.74, 6) is -0.163. The van der Waals surface area contributed by atoms with Crippen molar-refractivity contribution in [3.63, 3.8) is 0 Å². The largest absolute Gasteiger partial charge is 0.354 e. The van der Waals surface area contributed by atoms with Crippen LogP contribution in [0.5, 0.6) is 0 Å². The van der Waals surface area contributed by atoms with E-state index in [1.165, 1.54) is 0 Å². The number of hydrogen-bond acceptors (Lipinski definition) is 2. The number of amides is 2. The summed E-state index contributed by atoms with van der Waals surface area (Å²) in [7, 11) is 0. The van der Waals surface area contributed by atoms with Crippen LogP contribution in [0.15, 0.2) is 54.6 Å². The van der Waals surface area contributed by atoms with Crippen LogP contribution in [0, 0.1) is 0 Å². The van der Waals surface area contributed by atoms with Gasteiger partial charge in [0.15, 0.2) is 0 Å². The summed E-state index contributed by atoms with van der Waals surface area (Å²) in [4.78, 5) is 27.4. The number of carbonyl (C=O) groups is 2. The fourth-order valence-electron chi connectivity index (χ4n) is 2.94. The van der Waals surface area contributed by atoms with E-state index in [0.29, 0.717) is 24.5 Å². The molecule has 0 bridgehead atoms. The van der Waals surface area contributed by atoms with Crippen molar-refractivity contribution in [3.05, 3.63) is 70.7 Å². The summed E-state index contributed by atoms with van der Waals surface area (Å²) in [6.45, 7) is 4.92. The van der Waals surface area contributed by atoms with Crippen LogP contribution in [0.3, 0.4) is 0 Å². The second kappa shape index (κ2) is 10.7. The Morgan fingerprint density at radius 2 is 1.67 bits per heavy atom. The van der Waals surface area contributed by atoms with Crippen molar-refractivity contribution in [2.45, 2.75) is 45.7 Å². The number of benzene rings is 2. The quantitative estimate of drug-likeness (QED) is 0.701. The lowest BCUT2D eigenvalue weighted by Gasteiger charge is -2.30. The zero-order valence-electron chi connectivity index (χ0n) is 16.0. The number of nitrogens with one attached hydrogen (secondary N) is 1. The molecule has 0 spiro atoms. The summed E-state index contributed by atoms with van der Waals surface area (Å²) in [5.41, 5.74) is 1.88. The molecule has 0 saturated heterocycles. The van der Waals surface area contributed by atoms with Gasteiger partial charge in [-0.1, -0.05) is 67.9 Å². The van der Waals surface area contributed by atoms with Crippen molar-refractivity contribution >= 4 is 23.4 Å². The predicted octanol–water partition coefficient (Wildman–Crippen LogP) is 4.22. The van der Waals surface area contributed by atoms with Gasteiger partial charge in [0.05, 0.1) is 6.42 Å². The fourth-order valence-corrected chi connectivity index (χ4v) is 3.07. The van der Waals surface area contributed by atoms with Crippen LogP contribution in [0.4, 0.5) is 0 Å². The van der Waals surface area contributed by atoms with E-state index in [0.717, 1.165) is 17.5 Å². The Labute approximate surface area is 166 Å². The van der Waals surface area contributed by atoms with Crippen LogP contribution in [0.1, 0.15) is 37.8 Å². The lowest BCUT2D eigenvalue weighted by atomic mass is 10.1. The highest BCUT2D eigenvalue weighted by atomic mass is 35.5. The number of halogens is 1. The van der Waals surface area contributed by atoms with E-state index in [1.54, 1.807) is 17.0 Å². The molecule has 4 nitrogen and oxygen atoms in total. The maximum atomic E-state index is 13.1. The summed E-state index contributed by atoms with van der Waals surface area (Å²) in [5, 5.41) is 3.57. The third-order valence-electron chi connectivity index (χ3n) is 4.40. The second-order valence-corrected chi connectivity index (χ2v) is 6.96. The molecule has 0 saturated carbocycles. The second-order valence-electron chi connectivity index (χ2n) is 6.53. The van der Waals surface area contributed by atoms with Crippen molar-refractivity contribution in [1.82, 2.24) is 10.2 Å². The number of rotatable bonds is 9. The molecular formula is C22H27ClN2O2. The molecule has 1 unspecified atom stereocenters. The molecule has 0 radical (unpaired) electrons. The maximum absolute atomic E-state index is 13.1. The summed E-state index contributed by atoms with van der Waals surface area (Å²) in [6, 6.07) is 16.5. The highest BCUT2D eigenvalue weighted by molar-refractivity contribution is 6.30. The van der Waals surface area contributed by atoms with Gasteiger partial charge in [-0.15, -0.1) is 0 Å². The van der Waals surface area contributed by atoms with Gasteiger partial charge in [0.25, 0.3) is 0 Å². The summed E-state index contributed by atoms with van der Waals surface area (Å²) < 4.78 is 0. The Morgan fingerprint density at radius 1 is 1.00 bits per heavy atom. The van der Waals surface area contributed by atoms with Gasteiger partial charge in [-0.3, -0.25) is 9.59 Å². The fraction of sp³-hybridized carbons (Fsp3) is 0.364. The van der Waals surface area contributed by atoms with Crippen LogP contribution >= 0.6 is 11.6 Å². The molecule has 5 heteroatoms. The van der Waals surface area contributed by atoms with Gasteiger partial charge < -0.3 is 10.2 Å². The Kier molecular flexibility index (Phi) is 8.34. The summed E-state index contributed by atoms with van der Waals surface area (Å²) in [6.07, 6.45) is 1.69. The van der Waals surface area contributed by atoms with Gasteiger partial charge >= 0.3 is 0 Å². The SMILES string of the molecule is CCCNC(=O)C(CC)N(Cc1ccc(Cl)cc1)C(=O)Cc1ccccc1. The lowest BCUT2D eigenvalue weighted by Crippen LogP contribution is -2.49. The first kappa shape index (κ1) is 21.0. The molecule has 144 valence electrons. The number of nitrogens with zero attached hydrogens (tertiary/aromatic N) is 1. The standard InChI is InChI=1S/C22H27ClN2O2/c1-3-14-24-22(27)20(4-2)25(16-18-10-12-19(23)13-11-18)21(26)15-17-8-6-5-7-9-17/h5-13,20H,3-4,14-16H2,1-2H3,(H,24,27). The van der Waals surface area contributed by atoms with Crippen LogP contribution in [-0.4, -0.2) is 29.3 Å². The minimum Gasteiger partial charge on any atom is -0.354 e. The van der Waals surface area contributed by atoms with Gasteiger partial charge in [0.2, 0.25) is 11.8 Å². The number of carbonyl (C=O) groups excluding carboxylic acids is 2. The van der Waals surface area contributed by atoms with E-state index in [9.17, 15) is 9.59 Å². The molecule has 0 fully saturated rings. The van der Waals surface area contributed by atoms with Gasteiger partial charge in [-0.05, 0) is 36.1 Å². The first-order valence-corrected chi connectivity index (χ1v) is 9.78. The third kappa shape index (κ3) is 6.40. The van der Waals surface area contributed by atoms with Crippen LogP contribution in [0.25, 0.3) is 0 Å². The molecule has 2 rings (SSSR count). The van der Waals surface area contributed by atoms with Crippen molar-refractivity contribution < 1.29 is 9.59 Å². The first-order chi connectivity index (χ1) is 13.0. The van der Waals surface area contributed by atoms with Gasteiger partial charge in [0.1, 0.15) is 6.04 Å². The molecule has 2 aromatic rings. The molecule has 27 heavy (non-hydrogen) atoms. The highest BCUT2D eigenvalue weighted by Gasteiger charge is 2.28. The van der Waals surface area contributed by atoms with Crippen LogP contribution < -0.4 is 5.32 Å². The van der Waals surface area contributed by atoms with E-state index in [-0.39, 0.29) is 18.2 Å². The monoisotopic (exact) mass is 386 g/mol. The highest BCUT2D eigenvalue weighted by Crippen LogP contribution is 2.16. The average molecular weight is 387 g/mol. The predicted molar refractivity (Wildman–Crippen MR) is 110 cm³/mol. The van der Waals surface area contributed by atoms with Crippen molar-refractivity contribution in [2.75, 3.05) is 6.54 Å². The molecule has 0 aliphatic rings. The average Bonchev–Trinajstić information content (AvgIpc) is 2.68. The topological polar surface area (TPSA) is 49.4 Å². The molecule has 0 aliphatic carbocycles. The van der Waals surface area contributed by atoms with Gasteiger partial charge in [-0.2, -0.15) is 0 Å². The van der Waals surface area contributed by atoms with E-state index in [4.69, 9.17) is 11.6 Å². The van der Waals surface area contributed by atoms with Gasteiger partial charge in [-0.25, -0.2) is 0 Å². The van der Waals surface area contributed by atoms with E-state index >= 15 is 0 Å². The molecule has 1 atom stereocenters. The minimum absolute atomic E-state index is 0.0605. The van der Waals surface area contributed by atoms with E-state index in [1.807, 2.05) is 56.3 Å².